The summed E-state index contributed by atoms with van der Waals surface area (Å²) in [6.45, 7) is 0.281. The summed E-state index contributed by atoms with van der Waals surface area (Å²) in [5.41, 5.74) is 1.29. The van der Waals surface area contributed by atoms with Gasteiger partial charge in [0.15, 0.2) is 0 Å². The Balaban J connectivity index is 1.70. The van der Waals surface area contributed by atoms with Crippen LogP contribution in [-0.4, -0.2) is 34.5 Å². The first-order chi connectivity index (χ1) is 12.4. The first-order valence-electron chi connectivity index (χ1n) is 7.97. The Kier molecular flexibility index (Phi) is 5.32. The number of nitrogens with one attached hydrogen (secondary N) is 1. The van der Waals surface area contributed by atoms with E-state index in [0.29, 0.717) is 17.4 Å². The molecule has 7 nitrogen and oxygen atoms in total. The summed E-state index contributed by atoms with van der Waals surface area (Å²) in [7, 11) is 3.81. The number of amides is 1. The molecule has 0 atom stereocenters. The molecule has 26 heavy (non-hydrogen) atoms. The topological polar surface area (TPSA) is 80.1 Å². The van der Waals surface area contributed by atoms with Crippen molar-refractivity contribution >= 4 is 38.6 Å². The van der Waals surface area contributed by atoms with Gasteiger partial charge in [-0.3, -0.25) is 14.2 Å². The highest BCUT2D eigenvalue weighted by atomic mass is 79.9. The molecule has 0 bridgehead atoms. The monoisotopic (exact) mass is 415 g/mol. The molecule has 0 aliphatic heterocycles. The van der Waals surface area contributed by atoms with E-state index in [0.717, 1.165) is 15.9 Å². The smallest absolute Gasteiger partial charge is 0.261 e. The lowest BCUT2D eigenvalue weighted by atomic mass is 10.2. The summed E-state index contributed by atoms with van der Waals surface area (Å²) in [5.74, 6) is 0.559. The lowest BCUT2D eigenvalue weighted by Crippen LogP contribution is -2.32. The van der Waals surface area contributed by atoms with Gasteiger partial charge < -0.3 is 10.2 Å². The number of nitrogens with zero attached hydrogens (tertiary/aromatic N) is 4. The molecule has 0 unspecified atom stereocenters. The molecule has 8 heteroatoms. The van der Waals surface area contributed by atoms with Gasteiger partial charge in [0.1, 0.15) is 12.4 Å². The zero-order chi connectivity index (χ0) is 18.7. The highest BCUT2D eigenvalue weighted by Gasteiger charge is 2.09. The second-order valence-electron chi connectivity index (χ2n) is 6.03. The van der Waals surface area contributed by atoms with Gasteiger partial charge in [0.2, 0.25) is 5.91 Å². The van der Waals surface area contributed by atoms with E-state index in [1.165, 1.54) is 10.9 Å². The maximum absolute atomic E-state index is 12.5. The Hall–Kier alpha value is -2.74. The molecule has 0 saturated carbocycles. The number of benzene rings is 1. The van der Waals surface area contributed by atoms with E-state index < -0.39 is 0 Å². The highest BCUT2D eigenvalue weighted by Crippen LogP contribution is 2.14. The first-order valence-corrected chi connectivity index (χ1v) is 8.77. The minimum Gasteiger partial charge on any atom is -0.363 e. The molecule has 1 N–H and O–H groups in total. The number of pyridine rings is 1. The van der Waals surface area contributed by atoms with E-state index in [-0.39, 0.29) is 18.0 Å². The van der Waals surface area contributed by atoms with E-state index in [4.69, 9.17) is 0 Å². The van der Waals surface area contributed by atoms with Crippen LogP contribution in [0, 0.1) is 0 Å². The van der Waals surface area contributed by atoms with E-state index in [1.54, 1.807) is 18.3 Å². The van der Waals surface area contributed by atoms with E-state index >= 15 is 0 Å². The Bertz CT molecular complexity index is 1020. The van der Waals surface area contributed by atoms with Gasteiger partial charge in [-0.25, -0.2) is 9.97 Å². The van der Waals surface area contributed by atoms with Crippen LogP contribution in [0.5, 0.6) is 0 Å². The molecule has 0 saturated heterocycles. The average molecular weight is 416 g/mol. The number of hydrogen-bond acceptors (Lipinski definition) is 5. The van der Waals surface area contributed by atoms with E-state index in [9.17, 15) is 9.59 Å². The Morgan fingerprint density at radius 2 is 2.04 bits per heavy atom. The summed E-state index contributed by atoms with van der Waals surface area (Å²) < 4.78 is 2.10. The molecule has 0 radical (unpaired) electrons. The van der Waals surface area contributed by atoms with Crippen molar-refractivity contribution in [2.24, 2.45) is 0 Å². The Morgan fingerprint density at radius 1 is 1.23 bits per heavy atom. The number of hydrogen-bond donors (Lipinski definition) is 1. The fourth-order valence-electron chi connectivity index (χ4n) is 2.47. The second kappa shape index (κ2) is 7.65. The van der Waals surface area contributed by atoms with Gasteiger partial charge in [-0.05, 0) is 35.9 Å². The van der Waals surface area contributed by atoms with E-state index in [2.05, 4.69) is 31.2 Å². The van der Waals surface area contributed by atoms with Crippen LogP contribution in [0.1, 0.15) is 5.56 Å². The Labute approximate surface area is 158 Å². The number of fused-ring (bicyclic) bond motifs is 1. The molecular formula is C18H18BrN5O2. The SMILES string of the molecule is CN(C)c1cc(CNC(=O)Cn2cnc3ccc(Br)cc3c2=O)ccn1. The van der Waals surface area contributed by atoms with Crippen LogP contribution < -0.4 is 15.8 Å². The molecule has 0 fully saturated rings. The number of anilines is 1. The quantitative estimate of drug-likeness (QED) is 0.688. The summed E-state index contributed by atoms with van der Waals surface area (Å²) in [4.78, 5) is 35.1. The highest BCUT2D eigenvalue weighted by molar-refractivity contribution is 9.10. The molecule has 2 heterocycles. The summed E-state index contributed by atoms with van der Waals surface area (Å²) in [6, 6.07) is 9.04. The van der Waals surface area contributed by atoms with Crippen LogP contribution >= 0.6 is 15.9 Å². The minimum atomic E-state index is -0.258. The van der Waals surface area contributed by atoms with Gasteiger partial charge in [0.05, 0.1) is 17.2 Å². The van der Waals surface area contributed by atoms with Crippen LogP contribution in [0.15, 0.2) is 52.1 Å². The molecule has 3 aromatic rings. The van der Waals surface area contributed by atoms with Crippen molar-refractivity contribution in [2.75, 3.05) is 19.0 Å². The van der Waals surface area contributed by atoms with Gasteiger partial charge in [0.25, 0.3) is 5.56 Å². The normalized spacial score (nSPS) is 10.7. The van der Waals surface area contributed by atoms with Gasteiger partial charge in [-0.15, -0.1) is 0 Å². The zero-order valence-electron chi connectivity index (χ0n) is 14.4. The zero-order valence-corrected chi connectivity index (χ0v) is 16.0. The van der Waals surface area contributed by atoms with Gasteiger partial charge >= 0.3 is 0 Å². The summed E-state index contributed by atoms with van der Waals surface area (Å²) >= 11 is 3.34. The number of rotatable bonds is 5. The van der Waals surface area contributed by atoms with Crippen molar-refractivity contribution in [1.29, 1.82) is 0 Å². The third kappa shape index (κ3) is 4.08. The lowest BCUT2D eigenvalue weighted by molar-refractivity contribution is -0.121. The van der Waals surface area contributed by atoms with E-state index in [1.807, 2.05) is 37.2 Å². The van der Waals surface area contributed by atoms with Crippen LogP contribution in [0.3, 0.4) is 0 Å². The summed E-state index contributed by atoms with van der Waals surface area (Å²) in [5, 5.41) is 3.29. The fourth-order valence-corrected chi connectivity index (χ4v) is 2.83. The maximum Gasteiger partial charge on any atom is 0.261 e. The van der Waals surface area contributed by atoms with Crippen molar-refractivity contribution in [1.82, 2.24) is 19.9 Å². The molecule has 3 rings (SSSR count). The van der Waals surface area contributed by atoms with Crippen molar-refractivity contribution in [2.45, 2.75) is 13.1 Å². The van der Waals surface area contributed by atoms with Crippen LogP contribution in [0.4, 0.5) is 5.82 Å². The third-order valence-electron chi connectivity index (χ3n) is 3.86. The number of halogens is 1. The number of aromatic nitrogens is 3. The van der Waals surface area contributed by atoms with Gasteiger partial charge in [0, 0.05) is 31.3 Å². The van der Waals surface area contributed by atoms with Gasteiger partial charge in [-0.1, -0.05) is 15.9 Å². The summed E-state index contributed by atoms with van der Waals surface area (Å²) in [6.07, 6.45) is 3.10. The van der Waals surface area contributed by atoms with Crippen molar-refractivity contribution in [3.05, 3.63) is 63.2 Å². The molecule has 0 aliphatic rings. The van der Waals surface area contributed by atoms with Crippen molar-refractivity contribution < 1.29 is 4.79 Å². The maximum atomic E-state index is 12.5. The molecule has 0 aliphatic carbocycles. The fraction of sp³-hybridized carbons (Fsp3) is 0.222. The molecule has 0 spiro atoms. The molecule has 1 aromatic carbocycles. The molecular weight excluding hydrogens is 398 g/mol. The lowest BCUT2D eigenvalue weighted by Gasteiger charge is -2.12. The number of carbonyl (C=O) groups is 1. The number of carbonyl (C=O) groups excluding carboxylic acids is 1. The Morgan fingerprint density at radius 3 is 2.81 bits per heavy atom. The van der Waals surface area contributed by atoms with Crippen LogP contribution in [0.25, 0.3) is 10.9 Å². The van der Waals surface area contributed by atoms with Crippen molar-refractivity contribution in [3.63, 3.8) is 0 Å². The first kappa shape index (κ1) is 18.1. The third-order valence-corrected chi connectivity index (χ3v) is 4.35. The predicted molar refractivity (Wildman–Crippen MR) is 104 cm³/mol. The van der Waals surface area contributed by atoms with Crippen LogP contribution in [0.2, 0.25) is 0 Å². The average Bonchev–Trinajstić information content (AvgIpc) is 2.63. The largest absolute Gasteiger partial charge is 0.363 e. The minimum absolute atomic E-state index is 0.0834. The van der Waals surface area contributed by atoms with Crippen molar-refractivity contribution in [3.8, 4) is 0 Å². The predicted octanol–water partition coefficient (Wildman–Crippen LogP) is 1.94. The second-order valence-corrected chi connectivity index (χ2v) is 6.95. The standard InChI is InChI=1S/C18H18BrN5O2/c1-23(2)16-7-12(5-6-20-16)9-21-17(25)10-24-11-22-15-4-3-13(19)8-14(15)18(24)26/h3-8,11H,9-10H2,1-2H3,(H,21,25). The molecule has 2 aromatic heterocycles. The van der Waals surface area contributed by atoms with Crippen LogP contribution in [-0.2, 0) is 17.9 Å². The van der Waals surface area contributed by atoms with Gasteiger partial charge in [-0.2, -0.15) is 0 Å². The molecule has 134 valence electrons. The molecule has 1 amide bonds.